The third kappa shape index (κ3) is 2.05. The van der Waals surface area contributed by atoms with Crippen LogP contribution in [0.5, 0.6) is 5.75 Å². The quantitative estimate of drug-likeness (QED) is 0.722. The van der Waals surface area contributed by atoms with Crippen molar-refractivity contribution in [1.82, 2.24) is 14.6 Å². The predicted octanol–water partition coefficient (Wildman–Crippen LogP) is 4.31. The molecule has 0 saturated heterocycles. The maximum absolute atomic E-state index is 5.69. The third-order valence-electron chi connectivity index (χ3n) is 5.95. The molecule has 3 atom stereocenters. The highest BCUT2D eigenvalue weighted by atomic mass is 16.5. The van der Waals surface area contributed by atoms with E-state index >= 15 is 0 Å². The number of nitrogens with zero attached hydrogens (tertiary/aromatic N) is 3. The molecule has 3 unspecified atom stereocenters. The minimum Gasteiger partial charge on any atom is -0.496 e. The average Bonchev–Trinajstić information content (AvgIpc) is 3.36. The predicted molar refractivity (Wildman–Crippen MR) is 93.2 cm³/mol. The second-order valence-corrected chi connectivity index (χ2v) is 7.17. The number of methoxy groups -OCH3 is 1. The fraction of sp³-hybridized carbons (Fsp3) is 0.400. The molecule has 0 aliphatic heterocycles. The zero-order valence-corrected chi connectivity index (χ0v) is 13.9. The van der Waals surface area contributed by atoms with Gasteiger partial charge in [-0.15, -0.1) is 0 Å². The summed E-state index contributed by atoms with van der Waals surface area (Å²) in [6.45, 7) is 0. The van der Waals surface area contributed by atoms with E-state index in [2.05, 4.69) is 28.3 Å². The maximum atomic E-state index is 5.69. The summed E-state index contributed by atoms with van der Waals surface area (Å²) in [4.78, 5) is 4.37. The zero-order valence-electron chi connectivity index (χ0n) is 13.9. The van der Waals surface area contributed by atoms with E-state index in [0.29, 0.717) is 5.92 Å². The van der Waals surface area contributed by atoms with Crippen molar-refractivity contribution in [2.24, 2.45) is 11.8 Å². The molecule has 3 aromatic rings. The summed E-state index contributed by atoms with van der Waals surface area (Å²) in [7, 11) is 1.78. The lowest BCUT2D eigenvalue weighted by Gasteiger charge is -2.24. The Balaban J connectivity index is 1.63. The molecule has 2 saturated carbocycles. The fourth-order valence-corrected chi connectivity index (χ4v) is 4.86. The number of aromatic nitrogens is 3. The molecule has 0 amide bonds. The molecule has 2 heterocycles. The van der Waals surface area contributed by atoms with Gasteiger partial charge in [0.15, 0.2) is 5.65 Å². The van der Waals surface area contributed by atoms with Crippen molar-refractivity contribution >= 4 is 5.65 Å². The number of ether oxygens (including phenoxy) is 1. The molecule has 2 aromatic heterocycles. The lowest BCUT2D eigenvalue weighted by molar-refractivity contribution is 0.378. The van der Waals surface area contributed by atoms with Crippen LogP contribution in [0, 0.1) is 11.8 Å². The Morgan fingerprint density at radius 3 is 2.83 bits per heavy atom. The monoisotopic (exact) mass is 319 g/mol. The highest BCUT2D eigenvalue weighted by Gasteiger charge is 2.41. The maximum Gasteiger partial charge on any atom is 0.155 e. The van der Waals surface area contributed by atoms with Gasteiger partial charge < -0.3 is 4.74 Å². The van der Waals surface area contributed by atoms with Crippen LogP contribution in [0.2, 0.25) is 0 Å². The van der Waals surface area contributed by atoms with Crippen molar-refractivity contribution in [3.63, 3.8) is 0 Å². The van der Waals surface area contributed by atoms with Crippen molar-refractivity contribution in [3.8, 4) is 17.0 Å². The minimum absolute atomic E-state index is 0.647. The summed E-state index contributed by atoms with van der Waals surface area (Å²) < 4.78 is 7.60. The third-order valence-corrected chi connectivity index (χ3v) is 5.95. The molecule has 24 heavy (non-hydrogen) atoms. The first-order valence-electron chi connectivity index (χ1n) is 8.80. The molecule has 4 heteroatoms. The summed E-state index contributed by atoms with van der Waals surface area (Å²) >= 11 is 0. The lowest BCUT2D eigenvalue weighted by atomic mass is 9.82. The standard InChI is InChI=1S/C20H21N3O/c1-24-19-5-4-15(18-6-8-21-20-7-9-22-23(18)20)12-17(19)16-11-13-2-3-14(16)10-13/h4-9,12-14,16H,2-3,10-11H2,1H3. The average molecular weight is 319 g/mol. The molecule has 0 spiro atoms. The van der Waals surface area contributed by atoms with Gasteiger partial charge in [-0.2, -0.15) is 5.10 Å². The first-order valence-corrected chi connectivity index (χ1v) is 8.80. The van der Waals surface area contributed by atoms with Crippen LogP contribution >= 0.6 is 0 Å². The van der Waals surface area contributed by atoms with Crippen LogP contribution in [-0.4, -0.2) is 21.7 Å². The highest BCUT2D eigenvalue weighted by Crippen LogP contribution is 2.54. The summed E-state index contributed by atoms with van der Waals surface area (Å²) in [5.41, 5.74) is 4.52. The molecule has 4 nitrogen and oxygen atoms in total. The van der Waals surface area contributed by atoms with Gasteiger partial charge in [0.2, 0.25) is 0 Å². The van der Waals surface area contributed by atoms with Crippen LogP contribution < -0.4 is 4.74 Å². The van der Waals surface area contributed by atoms with E-state index in [0.717, 1.165) is 28.9 Å². The van der Waals surface area contributed by atoms with E-state index in [9.17, 15) is 0 Å². The van der Waals surface area contributed by atoms with Gasteiger partial charge in [-0.3, -0.25) is 0 Å². The summed E-state index contributed by atoms with van der Waals surface area (Å²) in [5.74, 6) is 3.43. The molecule has 2 bridgehead atoms. The number of benzene rings is 1. The van der Waals surface area contributed by atoms with Crippen LogP contribution in [0.15, 0.2) is 42.7 Å². The molecule has 0 N–H and O–H groups in total. The molecule has 2 aliphatic carbocycles. The Labute approximate surface area is 141 Å². The van der Waals surface area contributed by atoms with Crippen LogP contribution in [0.1, 0.15) is 37.2 Å². The van der Waals surface area contributed by atoms with Gasteiger partial charge in [-0.05, 0) is 66.8 Å². The van der Waals surface area contributed by atoms with Crippen molar-refractivity contribution < 1.29 is 4.74 Å². The zero-order chi connectivity index (χ0) is 16.1. The van der Waals surface area contributed by atoms with Gasteiger partial charge in [-0.1, -0.05) is 6.42 Å². The molecule has 0 radical (unpaired) electrons. The fourth-order valence-electron chi connectivity index (χ4n) is 4.86. The second kappa shape index (κ2) is 5.33. The smallest absolute Gasteiger partial charge is 0.155 e. The molecule has 1 aromatic carbocycles. The number of hydrogen-bond donors (Lipinski definition) is 0. The van der Waals surface area contributed by atoms with Crippen LogP contribution in [0.25, 0.3) is 16.9 Å². The van der Waals surface area contributed by atoms with E-state index in [4.69, 9.17) is 4.74 Å². The van der Waals surface area contributed by atoms with Gasteiger partial charge >= 0.3 is 0 Å². The Morgan fingerprint density at radius 2 is 2.04 bits per heavy atom. The molecule has 2 aliphatic rings. The number of fused-ring (bicyclic) bond motifs is 3. The Bertz CT molecular complexity index is 901. The Hall–Kier alpha value is -2.36. The van der Waals surface area contributed by atoms with Crippen LogP contribution in [0.3, 0.4) is 0 Å². The highest BCUT2D eigenvalue weighted by molar-refractivity contribution is 5.65. The van der Waals surface area contributed by atoms with Crippen molar-refractivity contribution in [2.75, 3.05) is 7.11 Å². The van der Waals surface area contributed by atoms with Gasteiger partial charge in [0, 0.05) is 17.8 Å². The van der Waals surface area contributed by atoms with Crippen LogP contribution in [-0.2, 0) is 0 Å². The van der Waals surface area contributed by atoms with E-state index < -0.39 is 0 Å². The second-order valence-electron chi connectivity index (χ2n) is 7.17. The molecule has 2 fully saturated rings. The van der Waals surface area contributed by atoms with Crippen molar-refractivity contribution in [3.05, 3.63) is 48.3 Å². The summed E-state index contributed by atoms with van der Waals surface area (Å²) in [6, 6.07) is 10.5. The molecule has 5 rings (SSSR count). The number of rotatable bonds is 3. The van der Waals surface area contributed by atoms with Gasteiger partial charge in [0.25, 0.3) is 0 Å². The van der Waals surface area contributed by atoms with Crippen molar-refractivity contribution in [2.45, 2.75) is 31.6 Å². The topological polar surface area (TPSA) is 39.4 Å². The molecular weight excluding hydrogens is 298 g/mol. The van der Waals surface area contributed by atoms with E-state index in [1.54, 1.807) is 13.3 Å². The van der Waals surface area contributed by atoms with Gasteiger partial charge in [0.1, 0.15) is 5.75 Å². The Kier molecular flexibility index (Phi) is 3.12. The van der Waals surface area contributed by atoms with Gasteiger partial charge in [0.05, 0.1) is 19.0 Å². The van der Waals surface area contributed by atoms with Crippen LogP contribution in [0.4, 0.5) is 0 Å². The minimum atomic E-state index is 0.647. The van der Waals surface area contributed by atoms with E-state index in [1.807, 2.05) is 22.8 Å². The summed E-state index contributed by atoms with van der Waals surface area (Å²) in [6.07, 6.45) is 9.16. The first-order chi connectivity index (χ1) is 11.8. The SMILES string of the molecule is COc1ccc(-c2ccnc3ccnn23)cc1C1CC2CCC1C2. The molecule has 122 valence electrons. The van der Waals surface area contributed by atoms with E-state index in [1.165, 1.54) is 36.8 Å². The normalized spacial score (nSPS) is 25.5. The van der Waals surface area contributed by atoms with Gasteiger partial charge in [-0.25, -0.2) is 9.50 Å². The van der Waals surface area contributed by atoms with Crippen molar-refractivity contribution in [1.29, 1.82) is 0 Å². The first kappa shape index (κ1) is 14.0. The van der Waals surface area contributed by atoms with E-state index in [-0.39, 0.29) is 0 Å². The molecular formula is C20H21N3O. The Morgan fingerprint density at radius 1 is 1.08 bits per heavy atom. The lowest BCUT2D eigenvalue weighted by Crippen LogP contribution is -2.10. The summed E-state index contributed by atoms with van der Waals surface area (Å²) in [5, 5.41) is 4.43. The number of hydrogen-bond acceptors (Lipinski definition) is 3. The largest absolute Gasteiger partial charge is 0.496 e.